The molecule has 0 radical (unpaired) electrons. The van der Waals surface area contributed by atoms with Crippen LogP contribution in [0.2, 0.25) is 0 Å². The van der Waals surface area contributed by atoms with Gasteiger partial charge in [0.2, 0.25) is 0 Å². The molecule has 2 rings (SSSR count). The molecule has 0 aliphatic heterocycles. The van der Waals surface area contributed by atoms with Crippen molar-refractivity contribution in [1.29, 1.82) is 0 Å². The molecule has 1 aromatic rings. The van der Waals surface area contributed by atoms with Gasteiger partial charge in [0.15, 0.2) is 0 Å². The first kappa shape index (κ1) is 17.8. The highest BCUT2D eigenvalue weighted by atomic mass is 16.6. The molecule has 0 bridgehead atoms. The van der Waals surface area contributed by atoms with E-state index in [1.807, 2.05) is 27.8 Å². The van der Waals surface area contributed by atoms with Gasteiger partial charge in [0.25, 0.3) is 0 Å². The van der Waals surface area contributed by atoms with Gasteiger partial charge >= 0.3 is 6.09 Å². The fourth-order valence-corrected chi connectivity index (χ4v) is 3.05. The summed E-state index contributed by atoms with van der Waals surface area (Å²) in [6, 6.07) is 0.549. The van der Waals surface area contributed by atoms with E-state index in [4.69, 9.17) is 4.74 Å². The first-order valence-corrected chi connectivity index (χ1v) is 8.49. The molecule has 1 saturated carbocycles. The lowest BCUT2D eigenvalue weighted by molar-refractivity contribution is 0.0634. The van der Waals surface area contributed by atoms with Gasteiger partial charge in [-0.3, -0.25) is 10.00 Å². The number of aryl methyl sites for hydroxylation is 1. The minimum atomic E-state index is -0.515. The number of aromatic nitrogens is 2. The Morgan fingerprint density at radius 1 is 1.43 bits per heavy atom. The van der Waals surface area contributed by atoms with E-state index in [2.05, 4.69) is 22.7 Å². The van der Waals surface area contributed by atoms with Gasteiger partial charge in [-0.2, -0.15) is 5.10 Å². The molecule has 6 nitrogen and oxygen atoms in total. The summed E-state index contributed by atoms with van der Waals surface area (Å²) in [4.78, 5) is 12.0. The summed E-state index contributed by atoms with van der Waals surface area (Å²) in [5.41, 5.74) is 0.468. The van der Waals surface area contributed by atoms with Gasteiger partial charge in [-0.05, 0) is 39.5 Å². The molecule has 1 aromatic heterocycles. The van der Waals surface area contributed by atoms with Crippen molar-refractivity contribution in [2.45, 2.75) is 71.6 Å². The summed E-state index contributed by atoms with van der Waals surface area (Å²) in [6.45, 7) is 8.57. The summed E-state index contributed by atoms with van der Waals surface area (Å²) < 4.78 is 6.99. The number of carbonyl (C=O) groups excluding carboxylic acids is 1. The van der Waals surface area contributed by atoms with Crippen molar-refractivity contribution < 1.29 is 9.53 Å². The Morgan fingerprint density at radius 2 is 2.17 bits per heavy atom. The van der Waals surface area contributed by atoms with Crippen LogP contribution in [-0.4, -0.2) is 27.5 Å². The van der Waals surface area contributed by atoms with E-state index in [0.717, 1.165) is 11.5 Å². The SMILES string of the molecule is CC1CCCC(NCc2cnn(C)c2NC(=O)OC(C)(C)C)C1. The van der Waals surface area contributed by atoms with Crippen molar-refractivity contribution in [2.24, 2.45) is 13.0 Å². The number of anilines is 1. The number of hydrogen-bond acceptors (Lipinski definition) is 4. The first-order valence-electron chi connectivity index (χ1n) is 8.49. The summed E-state index contributed by atoms with van der Waals surface area (Å²) in [6.07, 6.45) is 6.40. The zero-order valence-corrected chi connectivity index (χ0v) is 15.0. The van der Waals surface area contributed by atoms with Crippen LogP contribution >= 0.6 is 0 Å². The van der Waals surface area contributed by atoms with Gasteiger partial charge in [0.1, 0.15) is 11.4 Å². The van der Waals surface area contributed by atoms with Gasteiger partial charge in [-0.25, -0.2) is 4.79 Å². The van der Waals surface area contributed by atoms with Crippen LogP contribution in [0.3, 0.4) is 0 Å². The highest BCUT2D eigenvalue weighted by Gasteiger charge is 2.21. The van der Waals surface area contributed by atoms with Crippen LogP contribution < -0.4 is 10.6 Å². The number of rotatable bonds is 4. The average molecular weight is 322 g/mol. The molecule has 2 N–H and O–H groups in total. The van der Waals surface area contributed by atoms with Crippen LogP contribution in [0.5, 0.6) is 0 Å². The lowest BCUT2D eigenvalue weighted by atomic mass is 9.87. The van der Waals surface area contributed by atoms with Crippen LogP contribution in [0.1, 0.15) is 58.9 Å². The standard InChI is InChI=1S/C17H30N4O2/c1-12-7-6-8-14(9-12)18-10-13-11-19-21(5)15(13)20-16(22)23-17(2,3)4/h11-12,14,18H,6-10H2,1-5H3,(H,20,22). The average Bonchev–Trinajstić information content (AvgIpc) is 2.76. The van der Waals surface area contributed by atoms with Gasteiger partial charge in [0.05, 0.1) is 6.20 Å². The number of ether oxygens (including phenoxy) is 1. The van der Waals surface area contributed by atoms with Crippen LogP contribution in [0.25, 0.3) is 0 Å². The Hall–Kier alpha value is -1.56. The molecule has 1 aliphatic carbocycles. The van der Waals surface area contributed by atoms with E-state index < -0.39 is 11.7 Å². The van der Waals surface area contributed by atoms with E-state index >= 15 is 0 Å². The van der Waals surface area contributed by atoms with E-state index in [-0.39, 0.29) is 0 Å². The van der Waals surface area contributed by atoms with Crippen molar-refractivity contribution in [3.63, 3.8) is 0 Å². The maximum atomic E-state index is 12.0. The number of hydrogen-bond donors (Lipinski definition) is 2. The molecular formula is C17H30N4O2. The molecule has 1 aliphatic rings. The van der Waals surface area contributed by atoms with Gasteiger partial charge in [0, 0.05) is 25.2 Å². The summed E-state index contributed by atoms with van der Waals surface area (Å²) in [5, 5.41) is 10.7. The van der Waals surface area contributed by atoms with Crippen molar-refractivity contribution >= 4 is 11.9 Å². The Balaban J connectivity index is 1.94. The Kier molecular flexibility index (Phi) is 5.68. The predicted octanol–water partition coefficient (Wildman–Crippen LogP) is 3.44. The third-order valence-electron chi connectivity index (χ3n) is 4.15. The quantitative estimate of drug-likeness (QED) is 0.891. The second kappa shape index (κ2) is 7.34. The highest BCUT2D eigenvalue weighted by molar-refractivity contribution is 5.84. The molecule has 130 valence electrons. The second-order valence-corrected chi connectivity index (χ2v) is 7.62. The van der Waals surface area contributed by atoms with E-state index in [9.17, 15) is 4.79 Å². The normalized spacial score (nSPS) is 22.0. The van der Waals surface area contributed by atoms with Crippen LogP contribution in [0, 0.1) is 5.92 Å². The Labute approximate surface area is 139 Å². The van der Waals surface area contributed by atoms with Gasteiger partial charge < -0.3 is 10.1 Å². The highest BCUT2D eigenvalue weighted by Crippen LogP contribution is 2.24. The lowest BCUT2D eigenvalue weighted by Gasteiger charge is -2.27. The van der Waals surface area contributed by atoms with Crippen LogP contribution in [-0.2, 0) is 18.3 Å². The molecule has 1 amide bonds. The monoisotopic (exact) mass is 322 g/mol. The van der Waals surface area contributed by atoms with Crippen molar-refractivity contribution in [2.75, 3.05) is 5.32 Å². The molecule has 0 spiro atoms. The van der Waals surface area contributed by atoms with Crippen molar-refractivity contribution in [1.82, 2.24) is 15.1 Å². The second-order valence-electron chi connectivity index (χ2n) is 7.62. The number of amides is 1. The van der Waals surface area contributed by atoms with Crippen LogP contribution in [0.15, 0.2) is 6.20 Å². The van der Waals surface area contributed by atoms with Crippen molar-refractivity contribution in [3.8, 4) is 0 Å². The fourth-order valence-electron chi connectivity index (χ4n) is 3.05. The number of nitrogens with zero attached hydrogens (tertiary/aromatic N) is 2. The molecule has 2 unspecified atom stereocenters. The Bertz CT molecular complexity index is 533. The minimum absolute atomic E-state index is 0.450. The molecular weight excluding hydrogens is 292 g/mol. The molecule has 6 heteroatoms. The number of carbonyl (C=O) groups is 1. The molecule has 0 aromatic carbocycles. The van der Waals surface area contributed by atoms with E-state index in [0.29, 0.717) is 18.4 Å². The maximum Gasteiger partial charge on any atom is 0.413 e. The van der Waals surface area contributed by atoms with Gasteiger partial charge in [-0.15, -0.1) is 0 Å². The summed E-state index contributed by atoms with van der Waals surface area (Å²) in [5.74, 6) is 1.48. The molecule has 2 atom stereocenters. The molecule has 23 heavy (non-hydrogen) atoms. The Morgan fingerprint density at radius 3 is 2.83 bits per heavy atom. The van der Waals surface area contributed by atoms with E-state index in [1.54, 1.807) is 10.9 Å². The third kappa shape index (κ3) is 5.53. The molecule has 1 heterocycles. The fraction of sp³-hybridized carbons (Fsp3) is 0.765. The van der Waals surface area contributed by atoms with E-state index in [1.165, 1.54) is 25.7 Å². The molecule has 0 saturated heterocycles. The maximum absolute atomic E-state index is 12.0. The topological polar surface area (TPSA) is 68.2 Å². The predicted molar refractivity (Wildman–Crippen MR) is 91.3 cm³/mol. The lowest BCUT2D eigenvalue weighted by Crippen LogP contribution is -2.33. The van der Waals surface area contributed by atoms with Crippen molar-refractivity contribution in [3.05, 3.63) is 11.8 Å². The number of nitrogens with one attached hydrogen (secondary N) is 2. The largest absolute Gasteiger partial charge is 0.444 e. The molecule has 1 fully saturated rings. The smallest absolute Gasteiger partial charge is 0.413 e. The van der Waals surface area contributed by atoms with Gasteiger partial charge in [-0.1, -0.05) is 19.8 Å². The van der Waals surface area contributed by atoms with Crippen LogP contribution in [0.4, 0.5) is 10.6 Å². The first-order chi connectivity index (χ1) is 10.7. The minimum Gasteiger partial charge on any atom is -0.444 e. The zero-order chi connectivity index (χ0) is 17.0. The third-order valence-corrected chi connectivity index (χ3v) is 4.15. The zero-order valence-electron chi connectivity index (χ0n) is 15.0. The summed E-state index contributed by atoms with van der Waals surface area (Å²) in [7, 11) is 1.82. The summed E-state index contributed by atoms with van der Waals surface area (Å²) >= 11 is 0.